The minimum absolute atomic E-state index is 0.539. The summed E-state index contributed by atoms with van der Waals surface area (Å²) in [6.45, 7) is 5.09. The van der Waals surface area contributed by atoms with Crippen LogP contribution in [0.4, 0.5) is 0 Å². The van der Waals surface area contributed by atoms with Crippen LogP contribution in [0, 0.1) is 22.7 Å². The molecule has 0 spiro atoms. The maximum atomic E-state index is 8.77. The molecule has 0 aliphatic carbocycles. The second-order valence-electron chi connectivity index (χ2n) is 3.83. The van der Waals surface area contributed by atoms with Crippen molar-refractivity contribution >= 4 is 0 Å². The van der Waals surface area contributed by atoms with Crippen LogP contribution in [-0.2, 0) is 0 Å². The van der Waals surface area contributed by atoms with Gasteiger partial charge in [-0.25, -0.2) is 0 Å². The van der Waals surface area contributed by atoms with E-state index in [0.29, 0.717) is 24.3 Å². The molecule has 0 atom stereocenters. The van der Waals surface area contributed by atoms with Crippen molar-refractivity contribution in [2.75, 3.05) is 26.2 Å². The number of hydrogen-bond acceptors (Lipinski definition) is 4. The molecule has 0 N–H and O–H groups in total. The van der Waals surface area contributed by atoms with Crippen LogP contribution in [0.5, 0.6) is 5.75 Å². The van der Waals surface area contributed by atoms with Gasteiger partial charge in [0, 0.05) is 19.5 Å². The summed E-state index contributed by atoms with van der Waals surface area (Å²) in [7, 11) is 0. The smallest absolute Gasteiger partial charge is 0.120 e. The van der Waals surface area contributed by atoms with Crippen LogP contribution in [0.3, 0.4) is 0 Å². The Morgan fingerprint density at radius 2 is 2.11 bits per heavy atom. The Kier molecular flexibility index (Phi) is 6.32. The van der Waals surface area contributed by atoms with Gasteiger partial charge >= 0.3 is 0 Å². The van der Waals surface area contributed by atoms with Gasteiger partial charge in [-0.05, 0) is 24.7 Å². The SMILES string of the molecule is CCN(CCC#N)CCOc1cccc(C#N)c1. The van der Waals surface area contributed by atoms with Gasteiger partial charge in [0.05, 0.1) is 17.7 Å². The third-order valence-corrected chi connectivity index (χ3v) is 2.63. The number of hydrogen-bond donors (Lipinski definition) is 0. The Bertz CT molecular complexity index is 445. The maximum Gasteiger partial charge on any atom is 0.120 e. The highest BCUT2D eigenvalue weighted by Crippen LogP contribution is 2.12. The summed E-state index contributed by atoms with van der Waals surface area (Å²) in [6, 6.07) is 11.3. The molecule has 0 aliphatic heterocycles. The molecule has 0 aliphatic rings. The van der Waals surface area contributed by atoms with E-state index in [1.165, 1.54) is 0 Å². The van der Waals surface area contributed by atoms with E-state index in [2.05, 4.69) is 24.0 Å². The Morgan fingerprint density at radius 3 is 2.78 bits per heavy atom. The van der Waals surface area contributed by atoms with Crippen LogP contribution >= 0.6 is 0 Å². The molecule has 0 saturated carbocycles. The summed E-state index contributed by atoms with van der Waals surface area (Å²) in [6.07, 6.45) is 0.539. The molecule has 4 heteroatoms. The molecule has 0 aromatic heterocycles. The van der Waals surface area contributed by atoms with Gasteiger partial charge in [-0.15, -0.1) is 0 Å². The summed E-state index contributed by atoms with van der Waals surface area (Å²) in [4.78, 5) is 2.16. The Hall–Kier alpha value is -2.04. The fourth-order valence-corrected chi connectivity index (χ4v) is 1.58. The van der Waals surface area contributed by atoms with Gasteiger partial charge in [0.2, 0.25) is 0 Å². The molecule has 1 aromatic carbocycles. The van der Waals surface area contributed by atoms with Crippen molar-refractivity contribution < 1.29 is 4.74 Å². The molecule has 1 rings (SSSR count). The molecule has 0 saturated heterocycles. The van der Waals surface area contributed by atoms with E-state index in [4.69, 9.17) is 15.3 Å². The van der Waals surface area contributed by atoms with Gasteiger partial charge in [-0.3, -0.25) is 4.90 Å². The number of nitrogens with zero attached hydrogens (tertiary/aromatic N) is 3. The Labute approximate surface area is 108 Å². The summed E-state index contributed by atoms with van der Waals surface area (Å²) >= 11 is 0. The van der Waals surface area contributed by atoms with Crippen molar-refractivity contribution in [1.29, 1.82) is 10.5 Å². The van der Waals surface area contributed by atoms with E-state index in [9.17, 15) is 0 Å². The minimum atomic E-state index is 0.539. The third-order valence-electron chi connectivity index (χ3n) is 2.63. The zero-order chi connectivity index (χ0) is 13.2. The van der Waals surface area contributed by atoms with E-state index in [1.54, 1.807) is 18.2 Å². The fraction of sp³-hybridized carbons (Fsp3) is 0.429. The lowest BCUT2D eigenvalue weighted by Crippen LogP contribution is -2.29. The second kappa shape index (κ2) is 8.11. The van der Waals surface area contributed by atoms with Gasteiger partial charge in [0.25, 0.3) is 0 Å². The number of likely N-dealkylation sites (N-methyl/N-ethyl adjacent to an activating group) is 1. The standard InChI is InChI=1S/C14H17N3O/c1-2-17(8-4-7-15)9-10-18-14-6-3-5-13(11-14)12-16/h3,5-6,11H,2,4,8-10H2,1H3. The lowest BCUT2D eigenvalue weighted by Gasteiger charge is -2.18. The molecule has 0 heterocycles. The highest BCUT2D eigenvalue weighted by molar-refractivity contribution is 5.36. The number of nitriles is 2. The van der Waals surface area contributed by atoms with Crippen LogP contribution in [-0.4, -0.2) is 31.1 Å². The van der Waals surface area contributed by atoms with Crippen LogP contribution in [0.15, 0.2) is 24.3 Å². The first-order chi connectivity index (χ1) is 8.80. The van der Waals surface area contributed by atoms with E-state index >= 15 is 0 Å². The minimum Gasteiger partial charge on any atom is -0.492 e. The maximum absolute atomic E-state index is 8.77. The van der Waals surface area contributed by atoms with Crippen molar-refractivity contribution in [2.24, 2.45) is 0 Å². The first kappa shape index (κ1) is 14.0. The largest absolute Gasteiger partial charge is 0.492 e. The molecular weight excluding hydrogens is 226 g/mol. The van der Waals surface area contributed by atoms with Crippen molar-refractivity contribution in [2.45, 2.75) is 13.3 Å². The van der Waals surface area contributed by atoms with Crippen molar-refractivity contribution in [1.82, 2.24) is 4.90 Å². The van der Waals surface area contributed by atoms with Crippen molar-refractivity contribution in [3.05, 3.63) is 29.8 Å². The van der Waals surface area contributed by atoms with Gasteiger partial charge < -0.3 is 4.74 Å². The van der Waals surface area contributed by atoms with Gasteiger partial charge in [0.15, 0.2) is 0 Å². The molecule has 0 radical (unpaired) electrons. The summed E-state index contributed by atoms with van der Waals surface area (Å²) in [5.41, 5.74) is 0.601. The zero-order valence-electron chi connectivity index (χ0n) is 10.6. The van der Waals surface area contributed by atoms with Crippen LogP contribution < -0.4 is 4.74 Å². The lowest BCUT2D eigenvalue weighted by molar-refractivity contribution is 0.218. The van der Waals surface area contributed by atoms with Gasteiger partial charge in [0.1, 0.15) is 12.4 Å². The molecular formula is C14H17N3O. The van der Waals surface area contributed by atoms with E-state index < -0.39 is 0 Å². The number of ether oxygens (including phenoxy) is 1. The first-order valence-corrected chi connectivity index (χ1v) is 6.02. The highest BCUT2D eigenvalue weighted by Gasteiger charge is 2.02. The molecule has 0 fully saturated rings. The Morgan fingerprint density at radius 1 is 1.28 bits per heavy atom. The quantitative estimate of drug-likeness (QED) is 0.736. The highest BCUT2D eigenvalue weighted by atomic mass is 16.5. The average molecular weight is 243 g/mol. The predicted octanol–water partition coefficient (Wildman–Crippen LogP) is 2.17. The molecule has 4 nitrogen and oxygen atoms in total. The van der Waals surface area contributed by atoms with Crippen molar-refractivity contribution in [3.63, 3.8) is 0 Å². The van der Waals surface area contributed by atoms with Gasteiger partial charge in [-0.2, -0.15) is 10.5 Å². The number of benzene rings is 1. The molecule has 94 valence electrons. The summed E-state index contributed by atoms with van der Waals surface area (Å²) in [5.74, 6) is 0.713. The summed E-state index contributed by atoms with van der Waals surface area (Å²) < 4.78 is 5.59. The Balaban J connectivity index is 2.36. The molecule has 1 aromatic rings. The third kappa shape index (κ3) is 4.86. The predicted molar refractivity (Wildman–Crippen MR) is 69.0 cm³/mol. The topological polar surface area (TPSA) is 60.1 Å². The van der Waals surface area contributed by atoms with E-state index in [1.807, 2.05) is 6.07 Å². The van der Waals surface area contributed by atoms with Crippen molar-refractivity contribution in [3.8, 4) is 17.9 Å². The molecule has 18 heavy (non-hydrogen) atoms. The average Bonchev–Trinajstić information content (AvgIpc) is 2.43. The van der Waals surface area contributed by atoms with Crippen LogP contribution in [0.25, 0.3) is 0 Å². The summed E-state index contributed by atoms with van der Waals surface area (Å²) in [5, 5.41) is 17.3. The van der Waals surface area contributed by atoms with E-state index in [0.717, 1.165) is 19.6 Å². The second-order valence-corrected chi connectivity index (χ2v) is 3.83. The lowest BCUT2D eigenvalue weighted by atomic mass is 10.2. The zero-order valence-corrected chi connectivity index (χ0v) is 10.6. The van der Waals surface area contributed by atoms with Crippen LogP contribution in [0.2, 0.25) is 0 Å². The fourth-order valence-electron chi connectivity index (χ4n) is 1.58. The van der Waals surface area contributed by atoms with Crippen LogP contribution in [0.1, 0.15) is 18.9 Å². The molecule has 0 bridgehead atoms. The monoisotopic (exact) mass is 243 g/mol. The normalized spacial score (nSPS) is 9.78. The van der Waals surface area contributed by atoms with Gasteiger partial charge in [-0.1, -0.05) is 13.0 Å². The molecule has 0 amide bonds. The first-order valence-electron chi connectivity index (χ1n) is 6.02. The molecule has 0 unspecified atom stereocenters. The van der Waals surface area contributed by atoms with E-state index in [-0.39, 0.29) is 0 Å². The number of rotatable bonds is 7.